The number of alkyl halides is 3. The van der Waals surface area contributed by atoms with Crippen molar-refractivity contribution in [2.45, 2.75) is 24.0 Å². The molecule has 0 aromatic heterocycles. The Labute approximate surface area is 103 Å². The van der Waals surface area contributed by atoms with Crippen LogP contribution >= 0.6 is 0 Å². The molecule has 18 heavy (non-hydrogen) atoms. The molecule has 0 radical (unpaired) electrons. The summed E-state index contributed by atoms with van der Waals surface area (Å²) in [5.41, 5.74) is 0.422. The largest absolute Gasteiger partial charge is 0.401 e. The van der Waals surface area contributed by atoms with Gasteiger partial charge >= 0.3 is 6.18 Å². The molecule has 0 fully saturated rings. The Morgan fingerprint density at radius 2 is 2.00 bits per heavy atom. The van der Waals surface area contributed by atoms with Crippen LogP contribution < -0.4 is 10.5 Å². The number of nitrogens with one attached hydrogen (secondary N) is 1. The molecule has 0 aliphatic heterocycles. The zero-order valence-electron chi connectivity index (χ0n) is 9.53. The molecule has 1 aromatic rings. The van der Waals surface area contributed by atoms with Crippen LogP contribution in [0.5, 0.6) is 0 Å². The summed E-state index contributed by atoms with van der Waals surface area (Å²) >= 11 is 0. The third-order valence-corrected chi connectivity index (χ3v) is 3.21. The molecular formula is C10H13F3N2O2S. The number of rotatable bonds is 4. The van der Waals surface area contributed by atoms with E-state index in [4.69, 9.17) is 5.14 Å². The second kappa shape index (κ2) is 5.25. The quantitative estimate of drug-likeness (QED) is 0.880. The summed E-state index contributed by atoms with van der Waals surface area (Å²) in [5.74, 6) is 0. The van der Waals surface area contributed by atoms with Crippen molar-refractivity contribution < 1.29 is 21.6 Å². The van der Waals surface area contributed by atoms with Crippen molar-refractivity contribution >= 4 is 10.0 Å². The van der Waals surface area contributed by atoms with Crippen LogP contribution in [0.25, 0.3) is 0 Å². The monoisotopic (exact) mass is 282 g/mol. The topological polar surface area (TPSA) is 72.2 Å². The molecule has 8 heteroatoms. The van der Waals surface area contributed by atoms with E-state index in [0.717, 1.165) is 0 Å². The third kappa shape index (κ3) is 4.63. The van der Waals surface area contributed by atoms with Crippen LogP contribution in [0.4, 0.5) is 13.2 Å². The lowest BCUT2D eigenvalue weighted by Crippen LogP contribution is -2.30. The zero-order chi connectivity index (χ0) is 14.0. The number of hydrogen-bond donors (Lipinski definition) is 2. The summed E-state index contributed by atoms with van der Waals surface area (Å²) < 4.78 is 58.3. The Bertz CT molecular complexity index is 514. The highest BCUT2D eigenvalue weighted by Gasteiger charge is 2.27. The van der Waals surface area contributed by atoms with Gasteiger partial charge in [0.25, 0.3) is 0 Å². The van der Waals surface area contributed by atoms with Gasteiger partial charge in [0.15, 0.2) is 0 Å². The predicted molar refractivity (Wildman–Crippen MR) is 60.3 cm³/mol. The van der Waals surface area contributed by atoms with E-state index in [9.17, 15) is 21.6 Å². The molecule has 0 aliphatic rings. The summed E-state index contributed by atoms with van der Waals surface area (Å²) in [7, 11) is -3.85. The van der Waals surface area contributed by atoms with Gasteiger partial charge in [-0.2, -0.15) is 13.2 Å². The van der Waals surface area contributed by atoms with Gasteiger partial charge < -0.3 is 5.32 Å². The van der Waals surface area contributed by atoms with Gasteiger partial charge in [0.2, 0.25) is 10.0 Å². The maximum absolute atomic E-state index is 12.0. The summed E-state index contributed by atoms with van der Waals surface area (Å²) in [6, 6.07) is 4.87. The molecule has 1 rings (SSSR count). The lowest BCUT2D eigenvalue weighted by molar-refractivity contribution is -0.126. The van der Waals surface area contributed by atoms with Gasteiger partial charge in [0.05, 0.1) is 11.4 Å². The number of primary sulfonamides is 1. The fraction of sp³-hybridized carbons (Fsp3) is 0.400. The Kier molecular flexibility index (Phi) is 4.36. The predicted octanol–water partition coefficient (Wildman–Crippen LogP) is 1.55. The van der Waals surface area contributed by atoms with E-state index in [1.807, 2.05) is 0 Å². The van der Waals surface area contributed by atoms with Gasteiger partial charge in [-0.15, -0.1) is 0 Å². The Morgan fingerprint density at radius 1 is 1.39 bits per heavy atom. The molecule has 1 aromatic carbocycles. The summed E-state index contributed by atoms with van der Waals surface area (Å²) in [4.78, 5) is -0.124. The minimum Gasteiger partial charge on any atom is -0.302 e. The van der Waals surface area contributed by atoms with E-state index < -0.39 is 28.8 Å². The fourth-order valence-corrected chi connectivity index (χ4v) is 1.92. The van der Waals surface area contributed by atoms with Crippen molar-refractivity contribution in [1.29, 1.82) is 0 Å². The fourth-order valence-electron chi connectivity index (χ4n) is 1.35. The molecule has 0 bridgehead atoms. The van der Waals surface area contributed by atoms with Gasteiger partial charge in [0.1, 0.15) is 0 Å². The summed E-state index contributed by atoms with van der Waals surface area (Å²) in [6.07, 6.45) is -4.31. The standard InChI is InChI=1S/C10H13F3N2O2S/c1-7(15-6-10(11,12)13)8-3-2-4-9(5-8)18(14,16)17/h2-5,7,15H,6H2,1H3,(H2,14,16,17). The second-order valence-corrected chi connectivity index (χ2v) is 5.40. The molecule has 0 saturated carbocycles. The van der Waals surface area contributed by atoms with Crippen LogP contribution in [0.3, 0.4) is 0 Å². The number of nitrogens with two attached hydrogens (primary N) is 1. The average molecular weight is 282 g/mol. The lowest BCUT2D eigenvalue weighted by atomic mass is 10.1. The van der Waals surface area contributed by atoms with Crippen molar-refractivity contribution in [2.75, 3.05) is 6.54 Å². The number of sulfonamides is 1. The van der Waals surface area contributed by atoms with E-state index in [-0.39, 0.29) is 4.90 Å². The second-order valence-electron chi connectivity index (χ2n) is 3.84. The molecule has 0 heterocycles. The van der Waals surface area contributed by atoms with Crippen LogP contribution in [0.2, 0.25) is 0 Å². The van der Waals surface area contributed by atoms with Gasteiger partial charge in [0, 0.05) is 6.04 Å². The average Bonchev–Trinajstić information content (AvgIpc) is 2.24. The van der Waals surface area contributed by atoms with Gasteiger partial charge in [-0.25, -0.2) is 13.6 Å². The van der Waals surface area contributed by atoms with E-state index in [1.165, 1.54) is 31.2 Å². The van der Waals surface area contributed by atoms with Crippen LogP contribution in [0.1, 0.15) is 18.5 Å². The zero-order valence-corrected chi connectivity index (χ0v) is 10.3. The summed E-state index contributed by atoms with van der Waals surface area (Å²) in [6.45, 7) is 0.363. The Morgan fingerprint density at radius 3 is 2.50 bits per heavy atom. The minimum absolute atomic E-state index is 0.124. The number of benzene rings is 1. The first kappa shape index (κ1) is 14.9. The van der Waals surface area contributed by atoms with E-state index in [0.29, 0.717) is 5.56 Å². The Balaban J connectivity index is 2.84. The molecule has 3 N–H and O–H groups in total. The van der Waals surface area contributed by atoms with Gasteiger partial charge in [-0.05, 0) is 24.6 Å². The highest BCUT2D eigenvalue weighted by molar-refractivity contribution is 7.89. The number of hydrogen-bond acceptors (Lipinski definition) is 3. The summed E-state index contributed by atoms with van der Waals surface area (Å²) in [5, 5.41) is 7.20. The molecule has 0 saturated heterocycles. The van der Waals surface area contributed by atoms with E-state index in [2.05, 4.69) is 5.32 Å². The third-order valence-electron chi connectivity index (χ3n) is 2.30. The highest BCUT2D eigenvalue weighted by atomic mass is 32.2. The number of halogens is 3. The highest BCUT2D eigenvalue weighted by Crippen LogP contribution is 2.19. The Hall–Kier alpha value is -1.12. The molecule has 1 atom stereocenters. The van der Waals surface area contributed by atoms with Crippen LogP contribution in [0.15, 0.2) is 29.2 Å². The van der Waals surface area contributed by atoms with Crippen molar-refractivity contribution in [1.82, 2.24) is 5.32 Å². The first-order valence-electron chi connectivity index (χ1n) is 5.02. The SMILES string of the molecule is CC(NCC(F)(F)F)c1cccc(S(N)(=O)=O)c1. The molecule has 0 aliphatic carbocycles. The van der Waals surface area contributed by atoms with E-state index in [1.54, 1.807) is 0 Å². The van der Waals surface area contributed by atoms with Crippen molar-refractivity contribution in [2.24, 2.45) is 5.14 Å². The first-order valence-corrected chi connectivity index (χ1v) is 6.57. The van der Waals surface area contributed by atoms with Gasteiger partial charge in [-0.1, -0.05) is 12.1 Å². The molecule has 102 valence electrons. The van der Waals surface area contributed by atoms with Crippen LogP contribution in [-0.2, 0) is 10.0 Å². The molecule has 4 nitrogen and oxygen atoms in total. The van der Waals surface area contributed by atoms with Crippen molar-refractivity contribution in [3.63, 3.8) is 0 Å². The normalized spacial score (nSPS) is 14.5. The molecule has 0 amide bonds. The smallest absolute Gasteiger partial charge is 0.302 e. The minimum atomic E-state index is -4.31. The first-order chi connectivity index (χ1) is 8.09. The lowest BCUT2D eigenvalue weighted by Gasteiger charge is -2.16. The van der Waals surface area contributed by atoms with Crippen molar-refractivity contribution in [3.8, 4) is 0 Å². The van der Waals surface area contributed by atoms with Crippen LogP contribution in [0, 0.1) is 0 Å². The maximum Gasteiger partial charge on any atom is 0.401 e. The molecule has 1 unspecified atom stereocenters. The van der Waals surface area contributed by atoms with Crippen molar-refractivity contribution in [3.05, 3.63) is 29.8 Å². The van der Waals surface area contributed by atoms with Crippen LogP contribution in [-0.4, -0.2) is 21.1 Å². The van der Waals surface area contributed by atoms with Gasteiger partial charge in [-0.3, -0.25) is 0 Å². The molecular weight excluding hydrogens is 269 g/mol. The maximum atomic E-state index is 12.0. The van der Waals surface area contributed by atoms with E-state index >= 15 is 0 Å². The molecule has 0 spiro atoms.